The van der Waals surface area contributed by atoms with Crippen molar-refractivity contribution in [3.8, 4) is 0 Å². The number of rotatable bonds is 7. The molecule has 1 unspecified atom stereocenters. The molecule has 3 N–H and O–H groups in total. The molecule has 0 saturated carbocycles. The van der Waals surface area contributed by atoms with E-state index in [9.17, 15) is 14.7 Å². The van der Waals surface area contributed by atoms with Gasteiger partial charge in [-0.15, -0.1) is 5.73 Å². The largest absolute Gasteiger partial charge is 0.481 e. The predicted octanol–water partition coefficient (Wildman–Crippen LogP) is 0.412. The Morgan fingerprint density at radius 2 is 2.22 bits per heavy atom. The minimum Gasteiger partial charge on any atom is -0.481 e. The number of hydrogen-bond donors (Lipinski definition) is 3. The molecule has 0 aromatic heterocycles. The van der Waals surface area contributed by atoms with E-state index in [0.29, 0.717) is 5.57 Å². The zero-order chi connectivity index (χ0) is 13.5. The number of aliphatic carboxylic acids is 1. The van der Waals surface area contributed by atoms with Crippen molar-refractivity contribution in [3.05, 3.63) is 29.0 Å². The second kappa shape index (κ2) is 6.91. The maximum Gasteiger partial charge on any atom is 0.307 e. The van der Waals surface area contributed by atoms with Crippen LogP contribution in [-0.2, 0) is 9.59 Å². The van der Waals surface area contributed by atoms with Crippen molar-refractivity contribution in [2.45, 2.75) is 25.9 Å². The van der Waals surface area contributed by atoms with Crippen LogP contribution in [0, 0.1) is 0 Å². The minimum absolute atomic E-state index is 0.123. The lowest BCUT2D eigenvalue weighted by atomic mass is 9.93. The summed E-state index contributed by atoms with van der Waals surface area (Å²) in [7, 11) is 0. The van der Waals surface area contributed by atoms with Gasteiger partial charge in [-0.05, 0) is 24.6 Å². The Hall–Kier alpha value is -1.68. The van der Waals surface area contributed by atoms with Gasteiger partial charge in [-0.1, -0.05) is 13.0 Å². The van der Waals surface area contributed by atoms with Crippen LogP contribution >= 0.6 is 0 Å². The van der Waals surface area contributed by atoms with Crippen LogP contribution in [0.5, 0.6) is 0 Å². The van der Waals surface area contributed by atoms with Crippen molar-refractivity contribution >= 4 is 11.8 Å². The van der Waals surface area contributed by atoms with E-state index in [0.717, 1.165) is 13.0 Å². The number of carbonyl (C=O) groups is 2. The van der Waals surface area contributed by atoms with Crippen molar-refractivity contribution < 1.29 is 19.8 Å². The highest BCUT2D eigenvalue weighted by Crippen LogP contribution is 2.19. The predicted molar refractivity (Wildman–Crippen MR) is 66.1 cm³/mol. The molecule has 1 atom stereocenters. The van der Waals surface area contributed by atoms with Crippen LogP contribution in [0.1, 0.15) is 19.8 Å². The van der Waals surface area contributed by atoms with Gasteiger partial charge in [-0.2, -0.15) is 0 Å². The van der Waals surface area contributed by atoms with Crippen LogP contribution in [0.4, 0.5) is 0 Å². The van der Waals surface area contributed by atoms with Gasteiger partial charge in [0, 0.05) is 0 Å². The van der Waals surface area contributed by atoms with E-state index in [-0.39, 0.29) is 24.3 Å². The molecular weight excluding hydrogens is 234 g/mol. The second-order valence-corrected chi connectivity index (χ2v) is 4.04. The van der Waals surface area contributed by atoms with Gasteiger partial charge < -0.3 is 15.5 Å². The van der Waals surface area contributed by atoms with Crippen LogP contribution in [0.2, 0.25) is 0 Å². The second-order valence-electron chi connectivity index (χ2n) is 4.04. The Bertz CT molecular complexity index is 430. The molecular formula is C13H17NO4. The van der Waals surface area contributed by atoms with E-state index in [1.165, 1.54) is 12.2 Å². The van der Waals surface area contributed by atoms with Gasteiger partial charge in [0.2, 0.25) is 0 Å². The van der Waals surface area contributed by atoms with Crippen LogP contribution < -0.4 is 5.32 Å². The third-order valence-electron chi connectivity index (χ3n) is 2.53. The Morgan fingerprint density at radius 3 is 2.83 bits per heavy atom. The van der Waals surface area contributed by atoms with Crippen LogP contribution in [0.15, 0.2) is 29.0 Å². The number of carbonyl (C=O) groups excluding carboxylic acids is 1. The lowest BCUT2D eigenvalue weighted by Gasteiger charge is -2.17. The Balaban J connectivity index is 2.66. The number of aliphatic hydroxyl groups is 1. The van der Waals surface area contributed by atoms with E-state index in [2.05, 4.69) is 11.0 Å². The molecule has 0 radical (unpaired) electrons. The highest BCUT2D eigenvalue weighted by molar-refractivity contribution is 5.98. The molecule has 0 heterocycles. The van der Waals surface area contributed by atoms with E-state index < -0.39 is 12.1 Å². The number of carboxylic acid groups (broad SMARTS) is 1. The molecule has 5 heteroatoms. The molecule has 1 rings (SSSR count). The molecule has 0 spiro atoms. The monoisotopic (exact) mass is 251 g/mol. The van der Waals surface area contributed by atoms with E-state index in [1.807, 2.05) is 6.92 Å². The standard InChI is InChI=1S/C13H17NO4/c1-2-6-14-8-11(15)10-5-3-4-9(13(10)18)7-12(16)17/h3-4,13-14,18H,2,6-8H2,1H3,(H,16,17). The van der Waals surface area contributed by atoms with E-state index >= 15 is 0 Å². The number of aliphatic hydroxyl groups excluding tert-OH is 1. The van der Waals surface area contributed by atoms with E-state index in [4.69, 9.17) is 5.11 Å². The van der Waals surface area contributed by atoms with Gasteiger partial charge in [0.05, 0.1) is 18.5 Å². The number of Topliss-reactive ketones (excluding diaryl/α,β-unsaturated/α-hetero) is 1. The number of allylic oxidation sites excluding steroid dienone is 1. The Kier molecular flexibility index (Phi) is 5.52. The van der Waals surface area contributed by atoms with Gasteiger partial charge in [-0.3, -0.25) is 9.59 Å². The summed E-state index contributed by atoms with van der Waals surface area (Å²) in [5.41, 5.74) is 3.11. The lowest BCUT2D eigenvalue weighted by molar-refractivity contribution is -0.136. The maximum absolute atomic E-state index is 11.8. The van der Waals surface area contributed by atoms with Gasteiger partial charge in [0.1, 0.15) is 6.10 Å². The fraction of sp³-hybridized carbons (Fsp3) is 0.462. The first kappa shape index (κ1) is 14.4. The number of nitrogens with one attached hydrogen (secondary N) is 1. The van der Waals surface area contributed by atoms with Gasteiger partial charge in [-0.25, -0.2) is 0 Å². The normalized spacial score (nSPS) is 18.2. The Morgan fingerprint density at radius 1 is 1.50 bits per heavy atom. The number of ketones is 1. The first-order valence-electron chi connectivity index (χ1n) is 5.85. The highest BCUT2D eigenvalue weighted by atomic mass is 16.4. The summed E-state index contributed by atoms with van der Waals surface area (Å²) in [5.74, 6) is -1.30. The highest BCUT2D eigenvalue weighted by Gasteiger charge is 2.24. The summed E-state index contributed by atoms with van der Waals surface area (Å²) in [6, 6.07) is 0. The zero-order valence-electron chi connectivity index (χ0n) is 10.3. The molecule has 0 bridgehead atoms. The zero-order valence-corrected chi connectivity index (χ0v) is 10.3. The van der Waals surface area contributed by atoms with Gasteiger partial charge >= 0.3 is 5.97 Å². The van der Waals surface area contributed by atoms with Crippen molar-refractivity contribution in [3.63, 3.8) is 0 Å². The van der Waals surface area contributed by atoms with Crippen molar-refractivity contribution in [2.75, 3.05) is 13.1 Å². The van der Waals surface area contributed by atoms with Crippen LogP contribution in [0.25, 0.3) is 0 Å². The average Bonchev–Trinajstić information content (AvgIpc) is 2.31. The molecule has 0 aliphatic heterocycles. The van der Waals surface area contributed by atoms with E-state index in [1.54, 1.807) is 0 Å². The number of carboxylic acids is 1. The molecule has 1 aliphatic rings. The molecule has 0 aromatic rings. The van der Waals surface area contributed by atoms with Crippen molar-refractivity contribution in [1.29, 1.82) is 0 Å². The summed E-state index contributed by atoms with van der Waals surface area (Å²) < 4.78 is 0. The molecule has 0 saturated heterocycles. The number of hydrogen-bond acceptors (Lipinski definition) is 4. The Labute approximate surface area is 106 Å². The SMILES string of the molecule is CCCNCC(=O)C1=C=CC=C(CC(=O)O)C1O. The van der Waals surface area contributed by atoms with Crippen molar-refractivity contribution in [2.24, 2.45) is 0 Å². The minimum atomic E-state index is -1.16. The topological polar surface area (TPSA) is 86.6 Å². The summed E-state index contributed by atoms with van der Waals surface area (Å²) in [6.07, 6.45) is 2.42. The third kappa shape index (κ3) is 3.96. The third-order valence-corrected chi connectivity index (χ3v) is 2.53. The fourth-order valence-corrected chi connectivity index (χ4v) is 1.63. The van der Waals surface area contributed by atoms with Crippen LogP contribution in [-0.4, -0.2) is 41.2 Å². The van der Waals surface area contributed by atoms with Gasteiger partial charge in [0.25, 0.3) is 0 Å². The quantitative estimate of drug-likeness (QED) is 0.451. The summed E-state index contributed by atoms with van der Waals surface area (Å²) in [6.45, 7) is 2.83. The molecule has 0 fully saturated rings. The summed E-state index contributed by atoms with van der Waals surface area (Å²) in [5, 5.41) is 21.5. The van der Waals surface area contributed by atoms with Gasteiger partial charge in [0.15, 0.2) is 5.78 Å². The molecule has 1 aliphatic carbocycles. The lowest BCUT2D eigenvalue weighted by Crippen LogP contribution is -2.30. The molecule has 5 nitrogen and oxygen atoms in total. The summed E-state index contributed by atoms with van der Waals surface area (Å²) in [4.78, 5) is 22.4. The smallest absolute Gasteiger partial charge is 0.307 e. The summed E-state index contributed by atoms with van der Waals surface area (Å²) >= 11 is 0. The van der Waals surface area contributed by atoms with Crippen molar-refractivity contribution in [1.82, 2.24) is 5.32 Å². The maximum atomic E-state index is 11.8. The molecule has 0 amide bonds. The first-order chi connectivity index (χ1) is 8.56. The molecule has 18 heavy (non-hydrogen) atoms. The molecule has 98 valence electrons. The first-order valence-corrected chi connectivity index (χ1v) is 5.85. The molecule has 0 aromatic carbocycles. The average molecular weight is 251 g/mol. The van der Waals surface area contributed by atoms with Crippen LogP contribution in [0.3, 0.4) is 0 Å². The fourth-order valence-electron chi connectivity index (χ4n) is 1.63.